The number of aliphatic hydroxyl groups excluding tert-OH is 1. The van der Waals surface area contributed by atoms with E-state index in [2.05, 4.69) is 49.2 Å². The van der Waals surface area contributed by atoms with Gasteiger partial charge in [0.05, 0.1) is 12.2 Å². The van der Waals surface area contributed by atoms with Crippen molar-refractivity contribution in [3.63, 3.8) is 0 Å². The maximum atomic E-state index is 11.6. The van der Waals surface area contributed by atoms with Gasteiger partial charge in [0.2, 0.25) is 0 Å². The van der Waals surface area contributed by atoms with E-state index in [0.29, 0.717) is 0 Å². The number of rotatable bonds is 4. The first-order chi connectivity index (χ1) is 15.0. The lowest BCUT2D eigenvalue weighted by Gasteiger charge is -2.31. The van der Waals surface area contributed by atoms with Crippen molar-refractivity contribution >= 4 is 10.9 Å². The van der Waals surface area contributed by atoms with Crippen LogP contribution in [0.3, 0.4) is 0 Å². The van der Waals surface area contributed by atoms with E-state index >= 15 is 0 Å². The van der Waals surface area contributed by atoms with E-state index < -0.39 is 11.7 Å². The molecule has 0 radical (unpaired) electrons. The summed E-state index contributed by atoms with van der Waals surface area (Å²) in [6.07, 6.45) is 0.999. The van der Waals surface area contributed by atoms with Gasteiger partial charge >= 0.3 is 0 Å². The number of aryl methyl sites for hydroxylation is 2. The number of aromatic nitrogens is 1. The zero-order chi connectivity index (χ0) is 21.6. The van der Waals surface area contributed by atoms with E-state index in [1.165, 1.54) is 16.5 Å². The fourth-order valence-electron chi connectivity index (χ4n) is 4.78. The maximum Gasteiger partial charge on any atom is 0.160 e. The molecule has 3 nitrogen and oxygen atoms in total. The van der Waals surface area contributed by atoms with Crippen molar-refractivity contribution in [2.45, 2.75) is 38.4 Å². The minimum atomic E-state index is -0.819. The lowest BCUT2D eigenvalue weighted by molar-refractivity contribution is -0.0311. The fourth-order valence-corrected chi connectivity index (χ4v) is 4.78. The highest BCUT2D eigenvalue weighted by Gasteiger charge is 2.46. The number of ether oxygens (including phenoxy) is 1. The lowest BCUT2D eigenvalue weighted by atomic mass is 9.79. The molecule has 0 bridgehead atoms. The van der Waals surface area contributed by atoms with E-state index in [1.807, 2.05) is 55.5 Å². The molecule has 0 fully saturated rings. The Morgan fingerprint density at radius 1 is 0.935 bits per heavy atom. The van der Waals surface area contributed by atoms with E-state index in [-0.39, 0.29) is 5.92 Å². The molecule has 156 valence electrons. The summed E-state index contributed by atoms with van der Waals surface area (Å²) < 4.78 is 6.18. The van der Waals surface area contributed by atoms with Gasteiger partial charge in [0, 0.05) is 22.2 Å². The third-order valence-electron chi connectivity index (χ3n) is 6.63. The van der Waals surface area contributed by atoms with Crippen LogP contribution in [0.5, 0.6) is 0 Å². The van der Waals surface area contributed by atoms with Crippen LogP contribution in [0.25, 0.3) is 10.9 Å². The number of nitrogens with one attached hydrogen (secondary N) is 1. The average Bonchev–Trinajstić information content (AvgIpc) is 3.28. The third kappa shape index (κ3) is 3.17. The number of fused-ring (bicyclic) bond motifs is 1. The molecule has 2 heterocycles. The zero-order valence-electron chi connectivity index (χ0n) is 18.1. The normalized spacial score (nSPS) is 21.7. The number of benzene rings is 3. The van der Waals surface area contributed by atoms with Gasteiger partial charge < -0.3 is 14.8 Å². The van der Waals surface area contributed by atoms with Crippen molar-refractivity contribution in [3.8, 4) is 0 Å². The van der Waals surface area contributed by atoms with Crippen LogP contribution < -0.4 is 0 Å². The highest BCUT2D eigenvalue weighted by Crippen LogP contribution is 2.46. The summed E-state index contributed by atoms with van der Waals surface area (Å²) in [5.74, 6) is -0.130. The minimum absolute atomic E-state index is 0.130. The van der Waals surface area contributed by atoms with E-state index in [9.17, 15) is 5.11 Å². The second-order valence-corrected chi connectivity index (χ2v) is 8.67. The molecule has 1 aromatic heterocycles. The van der Waals surface area contributed by atoms with Crippen LogP contribution in [0, 0.1) is 13.8 Å². The second kappa shape index (κ2) is 7.44. The molecule has 0 spiro atoms. The average molecular weight is 410 g/mol. The topological polar surface area (TPSA) is 45.2 Å². The predicted octanol–water partition coefficient (Wildman–Crippen LogP) is 6.11. The van der Waals surface area contributed by atoms with Gasteiger partial charge in [-0.2, -0.15) is 0 Å². The first-order valence-electron chi connectivity index (χ1n) is 10.7. The molecule has 3 heteroatoms. The van der Waals surface area contributed by atoms with Crippen molar-refractivity contribution < 1.29 is 9.84 Å². The van der Waals surface area contributed by atoms with Gasteiger partial charge in [0.1, 0.15) is 6.10 Å². The monoisotopic (exact) mass is 409 g/mol. The molecule has 0 amide bonds. The van der Waals surface area contributed by atoms with Gasteiger partial charge in [-0.15, -0.1) is 0 Å². The molecule has 3 aromatic carbocycles. The molecule has 1 aliphatic rings. The standard InChI is InChI=1S/C28H27NO2/c1-18-14-15-24-22(16-18)19(2)26(29-24)25(20-10-6-4-7-11-20)23-17-31-28(3,27(23)30)21-12-8-5-9-13-21/h4-17,25,27,29-30H,1-3H3/t25?,27?,28-/m1/s1. The molecule has 3 atom stereocenters. The Bertz CT molecular complexity index is 1260. The summed E-state index contributed by atoms with van der Waals surface area (Å²) in [7, 11) is 0. The number of H-pyrrole nitrogens is 1. The van der Waals surface area contributed by atoms with Crippen LogP contribution in [0.15, 0.2) is 90.7 Å². The van der Waals surface area contributed by atoms with Crippen molar-refractivity contribution in [2.24, 2.45) is 0 Å². The molecule has 2 unspecified atom stereocenters. The second-order valence-electron chi connectivity index (χ2n) is 8.67. The smallest absolute Gasteiger partial charge is 0.160 e. The van der Waals surface area contributed by atoms with E-state index in [4.69, 9.17) is 4.74 Å². The summed E-state index contributed by atoms with van der Waals surface area (Å²) in [6, 6.07) is 26.8. The van der Waals surface area contributed by atoms with Gasteiger partial charge in [-0.3, -0.25) is 0 Å². The predicted molar refractivity (Wildman–Crippen MR) is 125 cm³/mol. The first-order valence-corrected chi connectivity index (χ1v) is 10.7. The van der Waals surface area contributed by atoms with Gasteiger partial charge in [-0.25, -0.2) is 0 Å². The Labute approximate surface area is 183 Å². The molecule has 5 rings (SSSR count). The number of hydrogen-bond donors (Lipinski definition) is 2. The first kappa shape index (κ1) is 19.7. The lowest BCUT2D eigenvalue weighted by Crippen LogP contribution is -2.36. The van der Waals surface area contributed by atoms with Crippen molar-refractivity contribution in [1.82, 2.24) is 4.98 Å². The summed E-state index contributed by atoms with van der Waals surface area (Å²) in [5, 5.41) is 12.8. The highest BCUT2D eigenvalue weighted by atomic mass is 16.5. The van der Waals surface area contributed by atoms with Crippen LogP contribution in [0.1, 0.15) is 40.8 Å². The molecule has 4 aromatic rings. The maximum absolute atomic E-state index is 11.6. The summed E-state index contributed by atoms with van der Waals surface area (Å²) in [5.41, 5.74) is 6.78. The van der Waals surface area contributed by atoms with E-state index in [0.717, 1.165) is 27.9 Å². The van der Waals surface area contributed by atoms with Crippen molar-refractivity contribution in [2.75, 3.05) is 0 Å². The van der Waals surface area contributed by atoms with Gasteiger partial charge in [0.25, 0.3) is 0 Å². The molecule has 31 heavy (non-hydrogen) atoms. The summed E-state index contributed by atoms with van der Waals surface area (Å²) in [4.78, 5) is 3.65. The SMILES string of the molecule is Cc1ccc2[nH]c(C(C3=CO[C@](C)(c4ccccc4)C3O)c3ccccc3)c(C)c2c1. The molecule has 0 saturated heterocycles. The van der Waals surface area contributed by atoms with Crippen LogP contribution in [-0.2, 0) is 10.3 Å². The Balaban J connectivity index is 1.65. The number of aromatic amines is 1. The summed E-state index contributed by atoms with van der Waals surface area (Å²) >= 11 is 0. The largest absolute Gasteiger partial charge is 0.487 e. The van der Waals surface area contributed by atoms with Crippen molar-refractivity contribution in [1.29, 1.82) is 0 Å². The molecule has 0 aliphatic carbocycles. The Morgan fingerprint density at radius 3 is 2.32 bits per heavy atom. The van der Waals surface area contributed by atoms with Crippen molar-refractivity contribution in [3.05, 3.63) is 119 Å². The van der Waals surface area contributed by atoms with Gasteiger partial charge in [0.15, 0.2) is 5.60 Å². The summed E-state index contributed by atoms with van der Waals surface area (Å²) in [6.45, 7) is 6.23. The van der Waals surface area contributed by atoms with E-state index in [1.54, 1.807) is 6.26 Å². The highest BCUT2D eigenvalue weighted by molar-refractivity contribution is 5.85. The molecular weight excluding hydrogens is 382 g/mol. The Morgan fingerprint density at radius 2 is 1.61 bits per heavy atom. The molecule has 2 N–H and O–H groups in total. The van der Waals surface area contributed by atoms with Gasteiger partial charge in [-0.1, -0.05) is 72.3 Å². The zero-order valence-corrected chi connectivity index (χ0v) is 18.1. The Hall–Kier alpha value is -3.30. The van der Waals surface area contributed by atoms with Crippen LogP contribution >= 0.6 is 0 Å². The van der Waals surface area contributed by atoms with Crippen LogP contribution in [0.4, 0.5) is 0 Å². The molecular formula is C28H27NO2. The Kier molecular flexibility index (Phi) is 4.71. The number of aliphatic hydroxyl groups is 1. The quantitative estimate of drug-likeness (QED) is 0.427. The third-order valence-corrected chi connectivity index (χ3v) is 6.63. The molecule has 0 saturated carbocycles. The number of hydrogen-bond acceptors (Lipinski definition) is 2. The fraction of sp³-hybridized carbons (Fsp3) is 0.214. The molecule has 1 aliphatic heterocycles. The van der Waals surface area contributed by atoms with Gasteiger partial charge in [-0.05, 0) is 49.6 Å². The van der Waals surface area contributed by atoms with Crippen LogP contribution in [0.2, 0.25) is 0 Å². The minimum Gasteiger partial charge on any atom is -0.487 e. The van der Waals surface area contributed by atoms with Crippen LogP contribution in [-0.4, -0.2) is 16.2 Å².